The van der Waals surface area contributed by atoms with Crippen LogP contribution in [0, 0.1) is 0 Å². The second kappa shape index (κ2) is 6.20. The number of hydrogen-bond acceptors (Lipinski definition) is 4. The van der Waals surface area contributed by atoms with Gasteiger partial charge in [0.25, 0.3) is 0 Å². The van der Waals surface area contributed by atoms with Gasteiger partial charge in [0.2, 0.25) is 0 Å². The van der Waals surface area contributed by atoms with E-state index in [2.05, 4.69) is 29.0 Å². The molecular weight excluding hydrogens is 226 g/mol. The summed E-state index contributed by atoms with van der Waals surface area (Å²) in [7, 11) is 4.36. The van der Waals surface area contributed by atoms with Crippen LogP contribution in [0.15, 0.2) is 12.3 Å². The molecule has 5 nitrogen and oxygen atoms in total. The lowest BCUT2D eigenvalue weighted by Crippen LogP contribution is -2.45. The SMILES string of the molecule is CN(C)C1CCCN(CCCn2ccc(N)n2)C1. The van der Waals surface area contributed by atoms with Gasteiger partial charge in [0.1, 0.15) is 5.82 Å². The molecule has 0 saturated carbocycles. The summed E-state index contributed by atoms with van der Waals surface area (Å²) in [6, 6.07) is 2.57. The van der Waals surface area contributed by atoms with E-state index < -0.39 is 0 Å². The molecule has 1 aliphatic heterocycles. The Kier molecular flexibility index (Phi) is 4.60. The Balaban J connectivity index is 1.70. The van der Waals surface area contributed by atoms with E-state index in [1.165, 1.54) is 25.9 Å². The van der Waals surface area contributed by atoms with Crippen LogP contribution in [0.3, 0.4) is 0 Å². The summed E-state index contributed by atoms with van der Waals surface area (Å²) in [5, 5.41) is 4.20. The molecule has 1 unspecified atom stereocenters. The normalized spacial score (nSPS) is 21.6. The highest BCUT2D eigenvalue weighted by molar-refractivity contribution is 5.23. The van der Waals surface area contributed by atoms with Crippen LogP contribution in [0.25, 0.3) is 0 Å². The summed E-state index contributed by atoms with van der Waals surface area (Å²) in [6.45, 7) is 4.56. The van der Waals surface area contributed by atoms with Crippen LogP contribution >= 0.6 is 0 Å². The molecule has 2 rings (SSSR count). The molecule has 0 spiro atoms. The fourth-order valence-electron chi connectivity index (χ4n) is 2.61. The fraction of sp³-hybridized carbons (Fsp3) is 0.769. The minimum absolute atomic E-state index is 0.612. The predicted octanol–water partition coefficient (Wildman–Crippen LogP) is 0.881. The second-order valence-electron chi connectivity index (χ2n) is 5.42. The van der Waals surface area contributed by atoms with Crippen LogP contribution < -0.4 is 5.73 Å². The van der Waals surface area contributed by atoms with Crippen molar-refractivity contribution < 1.29 is 0 Å². The van der Waals surface area contributed by atoms with Crippen LogP contribution in [0.5, 0.6) is 0 Å². The van der Waals surface area contributed by atoms with Gasteiger partial charge in [-0.3, -0.25) is 4.68 Å². The highest BCUT2D eigenvalue weighted by Crippen LogP contribution is 2.13. The van der Waals surface area contributed by atoms with Crippen molar-refractivity contribution in [2.45, 2.75) is 31.8 Å². The van der Waals surface area contributed by atoms with Gasteiger partial charge in [0, 0.05) is 25.3 Å². The molecule has 1 aromatic heterocycles. The lowest BCUT2D eigenvalue weighted by molar-refractivity contribution is 0.130. The Hall–Kier alpha value is -1.07. The average Bonchev–Trinajstić information content (AvgIpc) is 2.75. The third-order valence-corrected chi connectivity index (χ3v) is 3.73. The molecule has 0 radical (unpaired) electrons. The van der Waals surface area contributed by atoms with Crippen molar-refractivity contribution in [3.63, 3.8) is 0 Å². The van der Waals surface area contributed by atoms with Gasteiger partial charge in [-0.25, -0.2) is 0 Å². The molecule has 0 aliphatic carbocycles. The zero-order valence-corrected chi connectivity index (χ0v) is 11.5. The van der Waals surface area contributed by atoms with Crippen LogP contribution in [-0.2, 0) is 6.54 Å². The topological polar surface area (TPSA) is 50.3 Å². The Morgan fingerprint density at radius 2 is 2.28 bits per heavy atom. The van der Waals surface area contributed by atoms with E-state index in [9.17, 15) is 0 Å². The Morgan fingerprint density at radius 1 is 1.44 bits per heavy atom. The minimum atomic E-state index is 0.612. The lowest BCUT2D eigenvalue weighted by atomic mass is 10.0. The van der Waals surface area contributed by atoms with E-state index in [1.54, 1.807) is 0 Å². The number of aryl methyl sites for hydroxylation is 1. The van der Waals surface area contributed by atoms with Gasteiger partial charge in [-0.05, 0) is 52.5 Å². The quantitative estimate of drug-likeness (QED) is 0.844. The molecular formula is C13H25N5. The molecule has 2 heterocycles. The second-order valence-corrected chi connectivity index (χ2v) is 5.42. The maximum atomic E-state index is 5.60. The summed E-state index contributed by atoms with van der Waals surface area (Å²) in [4.78, 5) is 4.92. The zero-order valence-electron chi connectivity index (χ0n) is 11.5. The smallest absolute Gasteiger partial charge is 0.145 e. The third kappa shape index (κ3) is 3.71. The number of anilines is 1. The first-order valence-corrected chi connectivity index (χ1v) is 6.83. The molecule has 18 heavy (non-hydrogen) atoms. The Labute approximate surface area is 110 Å². The predicted molar refractivity (Wildman–Crippen MR) is 74.4 cm³/mol. The van der Waals surface area contributed by atoms with Gasteiger partial charge in [0.05, 0.1) is 0 Å². The first kappa shape index (κ1) is 13.4. The fourth-order valence-corrected chi connectivity index (χ4v) is 2.61. The summed E-state index contributed by atoms with van der Waals surface area (Å²) in [6.07, 6.45) is 5.74. The molecule has 0 amide bonds. The molecule has 1 fully saturated rings. The average molecular weight is 251 g/mol. The van der Waals surface area contributed by atoms with Crippen LogP contribution in [-0.4, -0.2) is 59.4 Å². The molecule has 1 aliphatic rings. The molecule has 0 bridgehead atoms. The zero-order chi connectivity index (χ0) is 13.0. The van der Waals surface area contributed by atoms with Crippen molar-refractivity contribution in [2.24, 2.45) is 0 Å². The number of likely N-dealkylation sites (tertiary alicyclic amines) is 1. The first-order valence-electron chi connectivity index (χ1n) is 6.83. The Morgan fingerprint density at radius 3 is 2.94 bits per heavy atom. The van der Waals surface area contributed by atoms with Gasteiger partial charge in [-0.1, -0.05) is 0 Å². The van der Waals surface area contributed by atoms with E-state index in [4.69, 9.17) is 5.73 Å². The van der Waals surface area contributed by atoms with Crippen molar-refractivity contribution in [3.05, 3.63) is 12.3 Å². The molecule has 2 N–H and O–H groups in total. The maximum absolute atomic E-state index is 5.60. The molecule has 1 saturated heterocycles. The molecule has 1 aromatic rings. The van der Waals surface area contributed by atoms with Crippen molar-refractivity contribution in [1.82, 2.24) is 19.6 Å². The lowest BCUT2D eigenvalue weighted by Gasteiger charge is -2.36. The highest BCUT2D eigenvalue weighted by atomic mass is 15.3. The highest BCUT2D eigenvalue weighted by Gasteiger charge is 2.20. The van der Waals surface area contributed by atoms with Crippen LogP contribution in [0.4, 0.5) is 5.82 Å². The molecule has 102 valence electrons. The number of likely N-dealkylation sites (N-methyl/N-ethyl adjacent to an activating group) is 1. The van der Waals surface area contributed by atoms with E-state index in [0.717, 1.165) is 25.6 Å². The van der Waals surface area contributed by atoms with Gasteiger partial charge >= 0.3 is 0 Å². The van der Waals surface area contributed by atoms with Crippen molar-refractivity contribution in [1.29, 1.82) is 0 Å². The van der Waals surface area contributed by atoms with E-state index in [0.29, 0.717) is 5.82 Å². The summed E-state index contributed by atoms with van der Waals surface area (Å²) >= 11 is 0. The minimum Gasteiger partial charge on any atom is -0.382 e. The summed E-state index contributed by atoms with van der Waals surface area (Å²) in [5.74, 6) is 0.612. The standard InChI is InChI=1S/C13H25N5/c1-16(2)12-5-3-7-17(11-12)8-4-9-18-10-6-13(14)15-18/h6,10,12H,3-5,7-9,11H2,1-2H3,(H2,14,15). The van der Waals surface area contributed by atoms with E-state index in [1.807, 2.05) is 16.9 Å². The van der Waals surface area contributed by atoms with Crippen LogP contribution in [0.1, 0.15) is 19.3 Å². The van der Waals surface area contributed by atoms with E-state index >= 15 is 0 Å². The summed E-state index contributed by atoms with van der Waals surface area (Å²) < 4.78 is 1.93. The third-order valence-electron chi connectivity index (χ3n) is 3.73. The van der Waals surface area contributed by atoms with Crippen molar-refractivity contribution in [2.75, 3.05) is 39.5 Å². The number of nitrogens with zero attached hydrogens (tertiary/aromatic N) is 4. The number of hydrogen-bond donors (Lipinski definition) is 1. The van der Waals surface area contributed by atoms with E-state index in [-0.39, 0.29) is 0 Å². The monoisotopic (exact) mass is 251 g/mol. The number of nitrogen functional groups attached to an aromatic ring is 1. The first-order chi connectivity index (χ1) is 8.65. The number of aromatic nitrogens is 2. The molecule has 0 aromatic carbocycles. The number of nitrogens with two attached hydrogens (primary N) is 1. The van der Waals surface area contributed by atoms with Gasteiger partial charge < -0.3 is 15.5 Å². The molecule has 1 atom stereocenters. The molecule has 5 heteroatoms. The maximum Gasteiger partial charge on any atom is 0.145 e. The van der Waals surface area contributed by atoms with Crippen molar-refractivity contribution in [3.8, 4) is 0 Å². The van der Waals surface area contributed by atoms with Crippen LogP contribution in [0.2, 0.25) is 0 Å². The van der Waals surface area contributed by atoms with Gasteiger partial charge in [0.15, 0.2) is 0 Å². The Bertz CT molecular complexity index is 360. The largest absolute Gasteiger partial charge is 0.382 e. The number of rotatable bonds is 5. The summed E-state index contributed by atoms with van der Waals surface area (Å²) in [5.41, 5.74) is 5.60. The number of piperidine rings is 1. The van der Waals surface area contributed by atoms with Crippen molar-refractivity contribution >= 4 is 5.82 Å². The van der Waals surface area contributed by atoms with Gasteiger partial charge in [-0.15, -0.1) is 0 Å². The van der Waals surface area contributed by atoms with Gasteiger partial charge in [-0.2, -0.15) is 5.10 Å².